The summed E-state index contributed by atoms with van der Waals surface area (Å²) in [5, 5.41) is 10.3. The molecule has 11 aromatic rings. The van der Waals surface area contributed by atoms with E-state index >= 15 is 0 Å². The van der Waals surface area contributed by atoms with Crippen molar-refractivity contribution in [3.05, 3.63) is 217 Å². The summed E-state index contributed by atoms with van der Waals surface area (Å²) in [6.45, 7) is 4.80. The molecule has 0 spiro atoms. The Hall–Kier alpha value is -7.54. The van der Waals surface area contributed by atoms with Gasteiger partial charge in [0.05, 0.1) is 0 Å². The molecule has 0 unspecified atom stereocenters. The van der Waals surface area contributed by atoms with Gasteiger partial charge in [0.15, 0.2) is 0 Å². The summed E-state index contributed by atoms with van der Waals surface area (Å²) in [4.78, 5) is 0. The van der Waals surface area contributed by atoms with Crippen LogP contribution in [0.4, 0.5) is 0 Å². The molecule has 61 heavy (non-hydrogen) atoms. The van der Waals surface area contributed by atoms with Crippen LogP contribution in [0.3, 0.4) is 0 Å². The largest absolute Gasteiger partial charge is 0.0622 e. The van der Waals surface area contributed by atoms with E-state index in [-0.39, 0.29) is 5.41 Å². The minimum Gasteiger partial charge on any atom is -0.0622 e. The van der Waals surface area contributed by atoms with Crippen molar-refractivity contribution in [2.24, 2.45) is 0 Å². The molecule has 0 atom stereocenters. The van der Waals surface area contributed by atoms with Gasteiger partial charge in [0.25, 0.3) is 0 Å². The second-order valence-corrected chi connectivity index (χ2v) is 17.5. The predicted octanol–water partition coefficient (Wildman–Crippen LogP) is 16.9. The van der Waals surface area contributed by atoms with Crippen molar-refractivity contribution in [3.8, 4) is 77.9 Å². The second kappa shape index (κ2) is 12.7. The van der Waals surface area contributed by atoms with E-state index in [9.17, 15) is 0 Å². The Balaban J connectivity index is 1.17. The maximum Gasteiger partial charge on any atom is 0.0159 e. The lowest BCUT2D eigenvalue weighted by Gasteiger charge is -2.24. The van der Waals surface area contributed by atoms with E-state index in [0.29, 0.717) is 0 Å². The number of rotatable bonds is 4. The normalized spacial score (nSPS) is 13.2. The standard InChI is InChI=1S/C61H40/c1-61(2)54-30-14-13-24-43(54)51-35-52-53(36-55(51)61)56(44-27-15-22-37-21-9-10-23-40(37)44)45-25-11-12-26-46(45)57(52)48-33-34-50-58-47(48)28-16-29-49(58)59-41(38-17-5-3-6-18-38)31-32-42(60(50)59)39-19-7-4-8-20-39/h3-36H,1-2H3. The first-order valence-electron chi connectivity index (χ1n) is 21.5. The van der Waals surface area contributed by atoms with E-state index in [1.807, 2.05) is 0 Å². The van der Waals surface area contributed by atoms with Crippen molar-refractivity contribution in [2.45, 2.75) is 19.3 Å². The van der Waals surface area contributed by atoms with Gasteiger partial charge in [-0.25, -0.2) is 0 Å². The van der Waals surface area contributed by atoms with Gasteiger partial charge in [0.1, 0.15) is 0 Å². The summed E-state index contributed by atoms with van der Waals surface area (Å²) in [7, 11) is 0. The smallest absolute Gasteiger partial charge is 0.0159 e. The third-order valence-electron chi connectivity index (χ3n) is 14.0. The van der Waals surface area contributed by atoms with Gasteiger partial charge in [0.2, 0.25) is 0 Å². The first kappa shape index (κ1) is 34.3. The summed E-state index contributed by atoms with van der Waals surface area (Å²) < 4.78 is 0. The van der Waals surface area contributed by atoms with Crippen molar-refractivity contribution >= 4 is 43.1 Å². The number of fused-ring (bicyclic) bond motifs is 9. The van der Waals surface area contributed by atoms with Crippen LogP contribution in [0.2, 0.25) is 0 Å². The van der Waals surface area contributed by atoms with Gasteiger partial charge in [0, 0.05) is 5.41 Å². The predicted molar refractivity (Wildman–Crippen MR) is 260 cm³/mol. The van der Waals surface area contributed by atoms with Crippen LogP contribution >= 0.6 is 0 Å². The lowest BCUT2D eigenvalue weighted by Crippen LogP contribution is -2.14. The van der Waals surface area contributed by atoms with Crippen molar-refractivity contribution in [3.63, 3.8) is 0 Å². The zero-order valence-electron chi connectivity index (χ0n) is 34.1. The Morgan fingerprint density at radius 3 is 1.43 bits per heavy atom. The third-order valence-corrected chi connectivity index (χ3v) is 14.0. The quantitative estimate of drug-likeness (QED) is 0.156. The zero-order chi connectivity index (χ0) is 40.4. The van der Waals surface area contributed by atoms with E-state index in [1.54, 1.807) is 0 Å². The van der Waals surface area contributed by atoms with Crippen LogP contribution in [0.5, 0.6) is 0 Å². The first-order valence-corrected chi connectivity index (χ1v) is 21.5. The van der Waals surface area contributed by atoms with Crippen LogP contribution in [-0.4, -0.2) is 0 Å². The van der Waals surface area contributed by atoms with Crippen molar-refractivity contribution in [1.29, 1.82) is 0 Å². The maximum absolute atomic E-state index is 2.56. The Morgan fingerprint density at radius 1 is 0.262 bits per heavy atom. The fraction of sp³-hybridized carbons (Fsp3) is 0.0492. The highest BCUT2D eigenvalue weighted by atomic mass is 14.4. The molecule has 0 aromatic heterocycles. The number of benzene rings is 11. The monoisotopic (exact) mass is 772 g/mol. The Labute approximate surface area is 356 Å². The van der Waals surface area contributed by atoms with E-state index in [1.165, 1.54) is 132 Å². The first-order chi connectivity index (χ1) is 30.1. The summed E-state index contributed by atoms with van der Waals surface area (Å²) in [5.41, 5.74) is 20.7. The van der Waals surface area contributed by atoms with Gasteiger partial charge in [-0.3, -0.25) is 0 Å². The summed E-state index contributed by atoms with van der Waals surface area (Å²) >= 11 is 0. The molecule has 0 aliphatic heterocycles. The minimum atomic E-state index is -0.136. The molecule has 0 radical (unpaired) electrons. The molecule has 0 saturated heterocycles. The molecule has 11 aromatic carbocycles. The van der Waals surface area contributed by atoms with Crippen LogP contribution < -0.4 is 0 Å². The van der Waals surface area contributed by atoms with Gasteiger partial charge >= 0.3 is 0 Å². The molecule has 2 aliphatic carbocycles. The van der Waals surface area contributed by atoms with Gasteiger partial charge in [-0.05, 0) is 144 Å². The topological polar surface area (TPSA) is 0 Å². The maximum atomic E-state index is 2.56. The summed E-state index contributed by atoms with van der Waals surface area (Å²) in [6.07, 6.45) is 0. The Bertz CT molecular complexity index is 3570. The summed E-state index contributed by atoms with van der Waals surface area (Å²) in [5.74, 6) is 0. The molecule has 0 bridgehead atoms. The third kappa shape index (κ3) is 4.76. The van der Waals surface area contributed by atoms with E-state index < -0.39 is 0 Å². The van der Waals surface area contributed by atoms with Gasteiger partial charge < -0.3 is 0 Å². The lowest BCUT2D eigenvalue weighted by atomic mass is 9.79. The molecular weight excluding hydrogens is 733 g/mol. The molecule has 0 saturated carbocycles. The average Bonchev–Trinajstić information content (AvgIpc) is 3.77. The van der Waals surface area contributed by atoms with Crippen LogP contribution in [0.15, 0.2) is 206 Å². The fourth-order valence-electron chi connectivity index (χ4n) is 11.3. The van der Waals surface area contributed by atoms with E-state index in [2.05, 4.69) is 220 Å². The number of hydrogen-bond donors (Lipinski definition) is 0. The van der Waals surface area contributed by atoms with Crippen molar-refractivity contribution in [2.75, 3.05) is 0 Å². The van der Waals surface area contributed by atoms with Gasteiger partial charge in [-0.1, -0.05) is 208 Å². The lowest BCUT2D eigenvalue weighted by molar-refractivity contribution is 0.661. The summed E-state index contributed by atoms with van der Waals surface area (Å²) in [6, 6.07) is 77.4. The number of hydrogen-bond acceptors (Lipinski definition) is 0. The molecule has 13 rings (SSSR count). The Morgan fingerprint density at radius 2 is 0.721 bits per heavy atom. The molecule has 0 nitrogen and oxygen atoms in total. The van der Waals surface area contributed by atoms with Crippen LogP contribution in [0.25, 0.3) is 121 Å². The molecule has 0 amide bonds. The SMILES string of the molecule is CC1(C)c2ccccc2-c2cc3c(-c4ccc5c6c(cccc46)-c4c(-c6ccccc6)ccc(-c6ccccc6)c4-5)c4ccccc4c(-c4cccc5ccccc45)c3cc21. The molecule has 0 heteroatoms. The van der Waals surface area contributed by atoms with Crippen molar-refractivity contribution < 1.29 is 0 Å². The zero-order valence-corrected chi connectivity index (χ0v) is 34.1. The minimum absolute atomic E-state index is 0.136. The molecule has 0 fully saturated rings. The molecular formula is C61H40. The molecule has 0 heterocycles. The van der Waals surface area contributed by atoms with Gasteiger partial charge in [-0.2, -0.15) is 0 Å². The van der Waals surface area contributed by atoms with Crippen molar-refractivity contribution in [1.82, 2.24) is 0 Å². The molecule has 2 aliphatic rings. The highest BCUT2D eigenvalue weighted by Gasteiger charge is 2.37. The van der Waals surface area contributed by atoms with Crippen LogP contribution in [0.1, 0.15) is 25.0 Å². The van der Waals surface area contributed by atoms with Gasteiger partial charge in [-0.15, -0.1) is 0 Å². The van der Waals surface area contributed by atoms with E-state index in [0.717, 1.165) is 0 Å². The van der Waals surface area contributed by atoms with Crippen LogP contribution in [-0.2, 0) is 5.41 Å². The molecule has 0 N–H and O–H groups in total. The Kier molecular flexibility index (Phi) is 7.17. The molecule has 284 valence electrons. The van der Waals surface area contributed by atoms with E-state index in [4.69, 9.17) is 0 Å². The highest BCUT2D eigenvalue weighted by molar-refractivity contribution is 6.29. The average molecular weight is 773 g/mol. The fourth-order valence-corrected chi connectivity index (χ4v) is 11.3. The second-order valence-electron chi connectivity index (χ2n) is 17.5. The van der Waals surface area contributed by atoms with Crippen LogP contribution in [0, 0.1) is 0 Å². The highest BCUT2D eigenvalue weighted by Crippen LogP contribution is 2.58.